The summed E-state index contributed by atoms with van der Waals surface area (Å²) >= 11 is 0. The minimum Gasteiger partial charge on any atom is -0.349 e. The van der Waals surface area contributed by atoms with Crippen LogP contribution in [0.2, 0.25) is 0 Å². The van der Waals surface area contributed by atoms with Crippen molar-refractivity contribution in [3.05, 3.63) is 0 Å². The number of carbonyl (C=O) groups is 1. The van der Waals surface area contributed by atoms with Crippen LogP contribution in [0.3, 0.4) is 0 Å². The molecule has 0 aromatic carbocycles. The van der Waals surface area contributed by atoms with E-state index in [1.54, 1.807) is 4.90 Å². The first-order chi connectivity index (χ1) is 6.43. The number of nitrogens with zero attached hydrogens (tertiary/aromatic N) is 2. The van der Waals surface area contributed by atoms with Gasteiger partial charge in [-0.2, -0.15) is 0 Å². The van der Waals surface area contributed by atoms with E-state index in [1.165, 1.54) is 0 Å². The molecule has 1 heterocycles. The molecule has 0 saturated carbocycles. The van der Waals surface area contributed by atoms with Crippen LogP contribution in [0.1, 0.15) is 20.3 Å². The normalized spacial score (nSPS) is 28.4. The van der Waals surface area contributed by atoms with Gasteiger partial charge >= 0.3 is 0 Å². The van der Waals surface area contributed by atoms with Crippen molar-refractivity contribution in [1.29, 1.82) is 0 Å². The Kier molecular flexibility index (Phi) is 3.53. The monoisotopic (exact) mass is 198 g/mol. The zero-order valence-corrected chi connectivity index (χ0v) is 9.95. The molecule has 0 aromatic rings. The maximum atomic E-state index is 11.8. The average molecular weight is 198 g/mol. The maximum absolute atomic E-state index is 11.8. The van der Waals surface area contributed by atoms with Crippen LogP contribution in [0.15, 0.2) is 0 Å². The van der Waals surface area contributed by atoms with Gasteiger partial charge in [-0.15, -0.1) is 0 Å². The molecule has 3 nitrogen and oxygen atoms in total. The molecule has 14 heavy (non-hydrogen) atoms. The van der Waals surface area contributed by atoms with Crippen LogP contribution in [0.4, 0.5) is 0 Å². The number of rotatable bonds is 2. The minimum absolute atomic E-state index is 0.211. The average Bonchev–Trinajstić information content (AvgIpc) is 2.45. The number of hydrogen-bond acceptors (Lipinski definition) is 2. The Morgan fingerprint density at radius 1 is 1.43 bits per heavy atom. The van der Waals surface area contributed by atoms with E-state index in [4.69, 9.17) is 0 Å². The standard InChI is InChI=1S/C11H22N2O/c1-8(2)10-6-9(7-13(10)5)11(14)12(3)4/h8-10H,6-7H2,1-5H3/t9-,10-/m0/s1. The number of carbonyl (C=O) groups excluding carboxylic acids is 1. The van der Waals surface area contributed by atoms with Gasteiger partial charge in [0.2, 0.25) is 5.91 Å². The van der Waals surface area contributed by atoms with Crippen molar-refractivity contribution in [1.82, 2.24) is 9.80 Å². The first-order valence-corrected chi connectivity index (χ1v) is 5.35. The van der Waals surface area contributed by atoms with E-state index in [0.717, 1.165) is 13.0 Å². The fraction of sp³-hybridized carbons (Fsp3) is 0.909. The molecular formula is C11H22N2O. The van der Waals surface area contributed by atoms with Gasteiger partial charge in [0.1, 0.15) is 0 Å². The fourth-order valence-electron chi connectivity index (χ4n) is 2.35. The van der Waals surface area contributed by atoms with Crippen molar-refractivity contribution >= 4 is 5.91 Å². The van der Waals surface area contributed by atoms with Gasteiger partial charge in [-0.25, -0.2) is 0 Å². The summed E-state index contributed by atoms with van der Waals surface area (Å²) in [7, 11) is 5.80. The van der Waals surface area contributed by atoms with Crippen LogP contribution in [-0.2, 0) is 4.79 Å². The molecular weight excluding hydrogens is 176 g/mol. The second-order valence-electron chi connectivity index (χ2n) is 4.92. The van der Waals surface area contributed by atoms with E-state index >= 15 is 0 Å². The number of hydrogen-bond donors (Lipinski definition) is 0. The van der Waals surface area contributed by atoms with E-state index in [0.29, 0.717) is 12.0 Å². The van der Waals surface area contributed by atoms with Gasteiger partial charge in [-0.05, 0) is 19.4 Å². The third-order valence-corrected chi connectivity index (χ3v) is 3.16. The molecule has 2 atom stereocenters. The van der Waals surface area contributed by atoms with E-state index in [1.807, 2.05) is 14.1 Å². The molecule has 0 unspecified atom stereocenters. The third kappa shape index (κ3) is 2.27. The first kappa shape index (κ1) is 11.5. The summed E-state index contributed by atoms with van der Waals surface area (Å²) in [6.07, 6.45) is 1.02. The van der Waals surface area contributed by atoms with Crippen LogP contribution in [0, 0.1) is 11.8 Å². The fourth-order valence-corrected chi connectivity index (χ4v) is 2.35. The second-order valence-corrected chi connectivity index (χ2v) is 4.92. The van der Waals surface area contributed by atoms with Gasteiger partial charge in [-0.1, -0.05) is 13.8 Å². The topological polar surface area (TPSA) is 23.6 Å². The molecule has 0 radical (unpaired) electrons. The van der Waals surface area contributed by atoms with E-state index in [2.05, 4.69) is 25.8 Å². The van der Waals surface area contributed by atoms with Crippen molar-refractivity contribution in [3.8, 4) is 0 Å². The summed E-state index contributed by atoms with van der Waals surface area (Å²) in [6.45, 7) is 5.37. The van der Waals surface area contributed by atoms with Crippen LogP contribution in [0.5, 0.6) is 0 Å². The largest absolute Gasteiger partial charge is 0.349 e. The first-order valence-electron chi connectivity index (χ1n) is 5.35. The Bertz CT molecular complexity index is 213. The summed E-state index contributed by atoms with van der Waals surface area (Å²) in [4.78, 5) is 15.8. The maximum Gasteiger partial charge on any atom is 0.226 e. The van der Waals surface area contributed by atoms with Crippen molar-refractivity contribution in [2.45, 2.75) is 26.3 Å². The lowest BCUT2D eigenvalue weighted by Crippen LogP contribution is -2.31. The van der Waals surface area contributed by atoms with Gasteiger partial charge in [0.05, 0.1) is 5.92 Å². The van der Waals surface area contributed by atoms with Crippen LogP contribution in [0.25, 0.3) is 0 Å². The number of likely N-dealkylation sites (tertiary alicyclic amines) is 1. The summed E-state index contributed by atoms with van der Waals surface area (Å²) < 4.78 is 0. The van der Waals surface area contributed by atoms with Crippen molar-refractivity contribution in [3.63, 3.8) is 0 Å². The lowest BCUT2D eigenvalue weighted by Gasteiger charge is -2.22. The Balaban J connectivity index is 2.59. The highest BCUT2D eigenvalue weighted by atomic mass is 16.2. The van der Waals surface area contributed by atoms with Gasteiger partial charge in [0.25, 0.3) is 0 Å². The van der Waals surface area contributed by atoms with Gasteiger partial charge in [0, 0.05) is 26.7 Å². The number of amides is 1. The molecule has 0 N–H and O–H groups in total. The van der Waals surface area contributed by atoms with Gasteiger partial charge in [0.15, 0.2) is 0 Å². The molecule has 1 saturated heterocycles. The minimum atomic E-state index is 0.211. The zero-order chi connectivity index (χ0) is 10.9. The molecule has 1 fully saturated rings. The van der Waals surface area contributed by atoms with E-state index in [9.17, 15) is 4.79 Å². The summed E-state index contributed by atoms with van der Waals surface area (Å²) in [6, 6.07) is 0.573. The summed E-state index contributed by atoms with van der Waals surface area (Å²) in [5, 5.41) is 0. The van der Waals surface area contributed by atoms with Crippen LogP contribution in [-0.4, -0.2) is 49.4 Å². The Morgan fingerprint density at radius 3 is 2.36 bits per heavy atom. The second kappa shape index (κ2) is 4.30. The molecule has 0 bridgehead atoms. The predicted molar refractivity (Wildman–Crippen MR) is 58.1 cm³/mol. The summed E-state index contributed by atoms with van der Waals surface area (Å²) in [5.74, 6) is 1.13. The van der Waals surface area contributed by atoms with Crippen molar-refractivity contribution < 1.29 is 4.79 Å². The van der Waals surface area contributed by atoms with E-state index < -0.39 is 0 Å². The van der Waals surface area contributed by atoms with Gasteiger partial charge < -0.3 is 9.80 Å². The van der Waals surface area contributed by atoms with Gasteiger partial charge in [-0.3, -0.25) is 4.79 Å². The zero-order valence-electron chi connectivity index (χ0n) is 9.95. The predicted octanol–water partition coefficient (Wildman–Crippen LogP) is 1.05. The molecule has 1 aliphatic rings. The molecule has 82 valence electrons. The third-order valence-electron chi connectivity index (χ3n) is 3.16. The molecule has 0 aromatic heterocycles. The highest BCUT2D eigenvalue weighted by molar-refractivity contribution is 5.78. The molecule has 1 rings (SSSR count). The van der Waals surface area contributed by atoms with Crippen LogP contribution >= 0.6 is 0 Å². The van der Waals surface area contributed by atoms with Crippen molar-refractivity contribution in [2.75, 3.05) is 27.7 Å². The highest BCUT2D eigenvalue weighted by Gasteiger charge is 2.35. The van der Waals surface area contributed by atoms with Crippen molar-refractivity contribution in [2.24, 2.45) is 11.8 Å². The Labute approximate surface area is 87.1 Å². The quantitative estimate of drug-likeness (QED) is 0.662. The Hall–Kier alpha value is -0.570. The molecule has 1 amide bonds. The molecule has 0 spiro atoms. The van der Waals surface area contributed by atoms with Crippen LogP contribution < -0.4 is 0 Å². The Morgan fingerprint density at radius 2 is 2.00 bits per heavy atom. The highest BCUT2D eigenvalue weighted by Crippen LogP contribution is 2.27. The molecule has 0 aliphatic carbocycles. The SMILES string of the molecule is CC(C)[C@@H]1C[C@H](C(=O)N(C)C)CN1C. The molecule has 1 aliphatic heterocycles. The molecule has 3 heteroatoms. The smallest absolute Gasteiger partial charge is 0.226 e. The van der Waals surface area contributed by atoms with E-state index in [-0.39, 0.29) is 11.8 Å². The lowest BCUT2D eigenvalue weighted by molar-refractivity contribution is -0.132. The lowest BCUT2D eigenvalue weighted by atomic mass is 9.97. The summed E-state index contributed by atoms with van der Waals surface area (Å²) in [5.41, 5.74) is 0.